The molecule has 0 spiro atoms. The van der Waals surface area contributed by atoms with Crippen LogP contribution in [0.15, 0.2) is 18.2 Å². The van der Waals surface area contributed by atoms with Gasteiger partial charge in [0, 0.05) is 0 Å². The van der Waals surface area contributed by atoms with Gasteiger partial charge in [-0.25, -0.2) is 9.59 Å². The lowest BCUT2D eigenvalue weighted by molar-refractivity contribution is -0.153. The van der Waals surface area contributed by atoms with Crippen LogP contribution in [0, 0.1) is 0 Å². The predicted molar refractivity (Wildman–Crippen MR) is 77.2 cm³/mol. The third-order valence-electron chi connectivity index (χ3n) is 2.51. The summed E-state index contributed by atoms with van der Waals surface area (Å²) in [5, 5.41) is 0.592. The Balaban J connectivity index is 2.56. The zero-order valence-corrected chi connectivity index (χ0v) is 12.8. The summed E-state index contributed by atoms with van der Waals surface area (Å²) in [6, 6.07) is 4.36. The van der Waals surface area contributed by atoms with E-state index in [4.69, 9.17) is 32.7 Å². The lowest BCUT2D eigenvalue weighted by Crippen LogP contribution is -2.26. The molecule has 1 aromatic rings. The Morgan fingerprint density at radius 3 is 2.55 bits per heavy atom. The molecule has 110 valence electrons. The standard InChI is InChI=1S/C14H16Cl2O4/c1-3-4-7-19-13(17)9(2)20-14(18)10-5-6-11(15)12(16)8-10/h5-6,8-9H,3-4,7H2,1-2H3/t9-/m1/s1. The minimum Gasteiger partial charge on any atom is -0.463 e. The summed E-state index contributed by atoms with van der Waals surface area (Å²) in [6.07, 6.45) is 0.734. The van der Waals surface area contributed by atoms with Crippen LogP contribution in [0.25, 0.3) is 0 Å². The van der Waals surface area contributed by atoms with Crippen LogP contribution in [-0.2, 0) is 14.3 Å². The average molecular weight is 319 g/mol. The van der Waals surface area contributed by atoms with E-state index in [0.29, 0.717) is 11.6 Å². The van der Waals surface area contributed by atoms with E-state index in [9.17, 15) is 9.59 Å². The molecule has 6 heteroatoms. The predicted octanol–water partition coefficient (Wildman–Crippen LogP) is 3.88. The Labute approximate surface area is 128 Å². The van der Waals surface area contributed by atoms with Crippen molar-refractivity contribution in [2.24, 2.45) is 0 Å². The lowest BCUT2D eigenvalue weighted by atomic mass is 10.2. The number of carbonyl (C=O) groups excluding carboxylic acids is 2. The second-order valence-electron chi connectivity index (χ2n) is 4.20. The summed E-state index contributed by atoms with van der Waals surface area (Å²) < 4.78 is 9.97. The number of hydrogen-bond donors (Lipinski definition) is 0. The molecule has 20 heavy (non-hydrogen) atoms. The Morgan fingerprint density at radius 2 is 1.95 bits per heavy atom. The van der Waals surface area contributed by atoms with Gasteiger partial charge in [0.15, 0.2) is 6.10 Å². The van der Waals surface area contributed by atoms with E-state index < -0.39 is 18.0 Å². The van der Waals surface area contributed by atoms with Crippen LogP contribution in [0.4, 0.5) is 0 Å². The van der Waals surface area contributed by atoms with Crippen molar-refractivity contribution >= 4 is 35.1 Å². The van der Waals surface area contributed by atoms with E-state index >= 15 is 0 Å². The van der Waals surface area contributed by atoms with Gasteiger partial charge in [-0.3, -0.25) is 0 Å². The van der Waals surface area contributed by atoms with E-state index in [1.54, 1.807) is 0 Å². The molecule has 0 aliphatic carbocycles. The van der Waals surface area contributed by atoms with Crippen LogP contribution in [0.3, 0.4) is 0 Å². The highest BCUT2D eigenvalue weighted by Gasteiger charge is 2.20. The molecular formula is C14H16Cl2O4. The molecule has 0 N–H and O–H groups in total. The van der Waals surface area contributed by atoms with E-state index in [0.717, 1.165) is 12.8 Å². The van der Waals surface area contributed by atoms with Gasteiger partial charge in [0.1, 0.15) is 0 Å². The van der Waals surface area contributed by atoms with Gasteiger partial charge in [-0.2, -0.15) is 0 Å². The molecule has 4 nitrogen and oxygen atoms in total. The van der Waals surface area contributed by atoms with Crippen LogP contribution in [0.5, 0.6) is 0 Å². The van der Waals surface area contributed by atoms with Crippen LogP contribution in [0.2, 0.25) is 10.0 Å². The highest BCUT2D eigenvalue weighted by molar-refractivity contribution is 6.42. The molecular weight excluding hydrogens is 303 g/mol. The fraction of sp³-hybridized carbons (Fsp3) is 0.429. The number of rotatable bonds is 6. The number of benzene rings is 1. The number of carbonyl (C=O) groups is 2. The first-order chi connectivity index (χ1) is 9.45. The van der Waals surface area contributed by atoms with E-state index in [-0.39, 0.29) is 10.6 Å². The third kappa shape index (κ3) is 5.02. The van der Waals surface area contributed by atoms with E-state index in [1.165, 1.54) is 25.1 Å². The van der Waals surface area contributed by atoms with Crippen LogP contribution in [-0.4, -0.2) is 24.6 Å². The first-order valence-corrected chi connectivity index (χ1v) is 7.04. The summed E-state index contributed by atoms with van der Waals surface area (Å²) in [5.41, 5.74) is 0.229. The maximum atomic E-state index is 11.8. The number of esters is 2. The van der Waals surface area contributed by atoms with Gasteiger partial charge in [0.25, 0.3) is 0 Å². The SMILES string of the molecule is CCCCOC(=O)[C@@H](C)OC(=O)c1ccc(Cl)c(Cl)c1. The van der Waals surface area contributed by atoms with Gasteiger partial charge in [0.05, 0.1) is 22.2 Å². The Bertz CT molecular complexity index is 488. The number of hydrogen-bond acceptors (Lipinski definition) is 4. The summed E-state index contributed by atoms with van der Waals surface area (Å²) in [7, 11) is 0. The fourth-order valence-electron chi connectivity index (χ4n) is 1.33. The molecule has 0 saturated heterocycles. The fourth-order valence-corrected chi connectivity index (χ4v) is 1.63. The van der Waals surface area contributed by atoms with Gasteiger partial charge in [-0.05, 0) is 31.5 Å². The summed E-state index contributed by atoms with van der Waals surface area (Å²) >= 11 is 11.6. The summed E-state index contributed by atoms with van der Waals surface area (Å²) in [6.45, 7) is 3.77. The van der Waals surface area contributed by atoms with Crippen LogP contribution < -0.4 is 0 Å². The topological polar surface area (TPSA) is 52.6 Å². The second-order valence-corrected chi connectivity index (χ2v) is 5.01. The van der Waals surface area contributed by atoms with Crippen molar-refractivity contribution in [1.82, 2.24) is 0 Å². The molecule has 1 aromatic carbocycles. The largest absolute Gasteiger partial charge is 0.463 e. The maximum Gasteiger partial charge on any atom is 0.347 e. The van der Waals surface area contributed by atoms with Crippen molar-refractivity contribution in [3.63, 3.8) is 0 Å². The van der Waals surface area contributed by atoms with E-state index in [1.807, 2.05) is 6.92 Å². The molecule has 1 atom stereocenters. The van der Waals surface area contributed by atoms with Crippen molar-refractivity contribution < 1.29 is 19.1 Å². The number of ether oxygens (including phenoxy) is 2. The molecule has 0 fully saturated rings. The molecule has 0 aliphatic heterocycles. The monoisotopic (exact) mass is 318 g/mol. The number of unbranched alkanes of at least 4 members (excludes halogenated alkanes) is 1. The zero-order valence-electron chi connectivity index (χ0n) is 11.3. The normalized spacial score (nSPS) is 11.8. The molecule has 0 amide bonds. The van der Waals surface area contributed by atoms with Gasteiger partial charge in [-0.1, -0.05) is 36.5 Å². The third-order valence-corrected chi connectivity index (χ3v) is 3.25. The first kappa shape index (κ1) is 16.8. The summed E-state index contributed by atoms with van der Waals surface area (Å²) in [5.74, 6) is -1.21. The minimum absolute atomic E-state index is 0.229. The quantitative estimate of drug-likeness (QED) is 0.590. The van der Waals surface area contributed by atoms with Crippen molar-refractivity contribution in [3.05, 3.63) is 33.8 Å². The van der Waals surface area contributed by atoms with Crippen molar-refractivity contribution in [3.8, 4) is 0 Å². The van der Waals surface area contributed by atoms with Crippen LogP contribution in [0.1, 0.15) is 37.0 Å². The number of halogens is 2. The molecule has 0 aliphatic rings. The highest BCUT2D eigenvalue weighted by Crippen LogP contribution is 2.23. The van der Waals surface area contributed by atoms with Crippen LogP contribution >= 0.6 is 23.2 Å². The Hall–Kier alpha value is -1.26. The molecule has 1 rings (SSSR count). The van der Waals surface area contributed by atoms with Gasteiger partial charge in [-0.15, -0.1) is 0 Å². The highest BCUT2D eigenvalue weighted by atomic mass is 35.5. The van der Waals surface area contributed by atoms with Crippen molar-refractivity contribution in [2.75, 3.05) is 6.61 Å². The molecule has 0 bridgehead atoms. The molecule has 0 saturated carbocycles. The molecule has 0 heterocycles. The minimum atomic E-state index is -0.964. The van der Waals surface area contributed by atoms with Crippen molar-refractivity contribution in [2.45, 2.75) is 32.8 Å². The molecule has 0 radical (unpaired) electrons. The Kier molecular flexibility index (Phi) is 6.82. The van der Waals surface area contributed by atoms with Gasteiger partial charge < -0.3 is 9.47 Å². The van der Waals surface area contributed by atoms with E-state index in [2.05, 4.69) is 0 Å². The molecule has 0 unspecified atom stereocenters. The van der Waals surface area contributed by atoms with Crippen molar-refractivity contribution in [1.29, 1.82) is 0 Å². The molecule has 0 aromatic heterocycles. The van der Waals surface area contributed by atoms with Gasteiger partial charge >= 0.3 is 11.9 Å². The lowest BCUT2D eigenvalue weighted by Gasteiger charge is -2.12. The first-order valence-electron chi connectivity index (χ1n) is 6.28. The second kappa shape index (κ2) is 8.12. The van der Waals surface area contributed by atoms with Gasteiger partial charge in [0.2, 0.25) is 0 Å². The average Bonchev–Trinajstić information content (AvgIpc) is 2.41. The maximum absolute atomic E-state index is 11.8. The smallest absolute Gasteiger partial charge is 0.347 e. The Morgan fingerprint density at radius 1 is 1.25 bits per heavy atom. The zero-order chi connectivity index (χ0) is 15.1. The summed E-state index contributed by atoms with van der Waals surface area (Å²) in [4.78, 5) is 23.4.